The molecule has 1 unspecified atom stereocenters. The third kappa shape index (κ3) is 2.14. The number of ether oxygens (including phenoxy) is 3. The fourth-order valence-corrected chi connectivity index (χ4v) is 8.70. The number of methoxy groups -OCH3 is 1. The molecule has 10 atom stereocenters. The van der Waals surface area contributed by atoms with Crippen LogP contribution in [0.15, 0.2) is 12.2 Å². The second-order valence-corrected chi connectivity index (χ2v) is 10.8. The lowest BCUT2D eigenvalue weighted by atomic mass is 9.37. The van der Waals surface area contributed by atoms with E-state index in [2.05, 4.69) is 20.4 Å². The summed E-state index contributed by atoms with van der Waals surface area (Å²) in [6.07, 6.45) is 1.55. The van der Waals surface area contributed by atoms with Crippen LogP contribution in [0.1, 0.15) is 52.9 Å². The van der Waals surface area contributed by atoms with Crippen molar-refractivity contribution >= 4 is 5.97 Å². The molecule has 4 aliphatic carbocycles. The topological polar surface area (TPSA) is 85.2 Å². The molecule has 2 spiro atoms. The van der Waals surface area contributed by atoms with Gasteiger partial charge in [-0.15, -0.1) is 0 Å². The second kappa shape index (κ2) is 6.06. The molecule has 6 fully saturated rings. The summed E-state index contributed by atoms with van der Waals surface area (Å²) >= 11 is 0. The van der Waals surface area contributed by atoms with Gasteiger partial charge in [-0.25, -0.2) is 0 Å². The Bertz CT molecular complexity index is 748. The Labute approximate surface area is 172 Å². The number of fused-ring (bicyclic) bond motifs is 2. The van der Waals surface area contributed by atoms with Crippen LogP contribution >= 0.6 is 0 Å². The molecule has 6 nitrogen and oxygen atoms in total. The van der Waals surface area contributed by atoms with Gasteiger partial charge in [0.15, 0.2) is 6.29 Å². The molecular weight excluding hydrogens is 372 g/mol. The average molecular weight is 407 g/mol. The number of carbonyl (C=O) groups excluding carboxylic acids is 1. The Morgan fingerprint density at radius 1 is 1.24 bits per heavy atom. The van der Waals surface area contributed by atoms with Crippen LogP contribution in [0.5, 0.6) is 0 Å². The predicted molar refractivity (Wildman–Crippen MR) is 105 cm³/mol. The third-order valence-electron chi connectivity index (χ3n) is 9.46. The first-order chi connectivity index (χ1) is 13.6. The normalized spacial score (nSPS) is 54.6. The largest absolute Gasteiger partial charge is 0.462 e. The van der Waals surface area contributed by atoms with Gasteiger partial charge >= 0.3 is 5.97 Å². The van der Waals surface area contributed by atoms with Gasteiger partial charge in [0.05, 0.1) is 23.7 Å². The smallest absolute Gasteiger partial charge is 0.302 e. The van der Waals surface area contributed by atoms with Crippen LogP contribution in [0.25, 0.3) is 0 Å². The summed E-state index contributed by atoms with van der Waals surface area (Å²) in [5, 5.41) is 23.0. The minimum absolute atomic E-state index is 0.0851. The Balaban J connectivity index is 1.75. The second-order valence-electron chi connectivity index (χ2n) is 10.8. The lowest BCUT2D eigenvalue weighted by molar-refractivity contribution is -0.414. The molecule has 162 valence electrons. The highest BCUT2D eigenvalue weighted by molar-refractivity contribution is 5.66. The number of aliphatic hydroxyl groups excluding tert-OH is 2. The fourth-order valence-electron chi connectivity index (χ4n) is 8.70. The van der Waals surface area contributed by atoms with Gasteiger partial charge in [-0.1, -0.05) is 26.8 Å². The average Bonchev–Trinajstić information content (AvgIpc) is 2.77. The molecule has 0 aromatic heterocycles. The Hall–Kier alpha value is -0.950. The van der Waals surface area contributed by atoms with E-state index in [-0.39, 0.29) is 35.4 Å². The first-order valence-corrected chi connectivity index (χ1v) is 11.0. The van der Waals surface area contributed by atoms with Crippen LogP contribution < -0.4 is 0 Å². The lowest BCUT2D eigenvalue weighted by Crippen LogP contribution is -2.79. The van der Waals surface area contributed by atoms with Crippen LogP contribution in [0, 0.1) is 34.0 Å². The van der Waals surface area contributed by atoms with Crippen molar-refractivity contribution in [3.05, 3.63) is 12.2 Å². The highest BCUT2D eigenvalue weighted by Gasteiger charge is 2.82. The number of hydrogen-bond donors (Lipinski definition) is 2. The molecule has 29 heavy (non-hydrogen) atoms. The summed E-state index contributed by atoms with van der Waals surface area (Å²) in [5.74, 6) is -0.506. The van der Waals surface area contributed by atoms with Crippen molar-refractivity contribution in [2.45, 2.75) is 83.6 Å². The SMILES string of the molecule is C=C1[C@@H](O)[C@@]23C4C[C@@H]5C(C)(C)CCC[C@]5([C@H](OC)O4)[C@H]2[C@@H](OC(C)=O)C[C@@H]1[C@H]3O. The molecule has 2 heterocycles. The lowest BCUT2D eigenvalue weighted by Gasteiger charge is -2.73. The fraction of sp³-hybridized carbons (Fsp3) is 0.870. The first kappa shape index (κ1) is 20.0. The molecule has 6 rings (SSSR count). The Morgan fingerprint density at radius 2 is 1.97 bits per heavy atom. The van der Waals surface area contributed by atoms with Crippen molar-refractivity contribution in [3.8, 4) is 0 Å². The molecule has 6 aliphatic rings. The zero-order chi connectivity index (χ0) is 20.9. The van der Waals surface area contributed by atoms with Gasteiger partial charge in [-0.05, 0) is 42.6 Å². The van der Waals surface area contributed by atoms with E-state index in [4.69, 9.17) is 14.2 Å². The van der Waals surface area contributed by atoms with Crippen molar-refractivity contribution < 1.29 is 29.2 Å². The van der Waals surface area contributed by atoms with Crippen molar-refractivity contribution in [1.29, 1.82) is 0 Å². The minimum Gasteiger partial charge on any atom is -0.462 e. The number of aliphatic hydroxyl groups is 2. The molecule has 0 aromatic rings. The molecule has 4 saturated carbocycles. The van der Waals surface area contributed by atoms with E-state index in [0.717, 1.165) is 25.7 Å². The van der Waals surface area contributed by atoms with Crippen LogP contribution in [0.4, 0.5) is 0 Å². The third-order valence-corrected chi connectivity index (χ3v) is 9.46. The predicted octanol–water partition coefficient (Wildman–Crippen LogP) is 2.42. The van der Waals surface area contributed by atoms with Crippen molar-refractivity contribution in [3.63, 3.8) is 0 Å². The summed E-state index contributed by atoms with van der Waals surface area (Å²) < 4.78 is 18.4. The van der Waals surface area contributed by atoms with Crippen LogP contribution in [0.2, 0.25) is 0 Å². The molecule has 0 aromatic carbocycles. The molecular formula is C23H34O6. The summed E-state index contributed by atoms with van der Waals surface area (Å²) in [6, 6.07) is 0. The van der Waals surface area contributed by atoms with Crippen molar-refractivity contribution in [2.24, 2.45) is 34.0 Å². The van der Waals surface area contributed by atoms with E-state index in [9.17, 15) is 15.0 Å². The van der Waals surface area contributed by atoms with Crippen LogP contribution in [0.3, 0.4) is 0 Å². The highest BCUT2D eigenvalue weighted by Crippen LogP contribution is 2.76. The summed E-state index contributed by atoms with van der Waals surface area (Å²) in [6.45, 7) is 10.2. The summed E-state index contributed by atoms with van der Waals surface area (Å²) in [7, 11) is 1.68. The molecule has 2 N–H and O–H groups in total. The maximum Gasteiger partial charge on any atom is 0.302 e. The van der Waals surface area contributed by atoms with Gasteiger partial charge in [-0.2, -0.15) is 0 Å². The van der Waals surface area contributed by atoms with E-state index in [1.54, 1.807) is 7.11 Å². The van der Waals surface area contributed by atoms with Gasteiger partial charge in [0, 0.05) is 31.3 Å². The van der Waals surface area contributed by atoms with E-state index < -0.39 is 29.3 Å². The van der Waals surface area contributed by atoms with Gasteiger partial charge < -0.3 is 24.4 Å². The Kier molecular flexibility index (Phi) is 4.17. The molecule has 4 bridgehead atoms. The first-order valence-electron chi connectivity index (χ1n) is 11.0. The zero-order valence-electron chi connectivity index (χ0n) is 17.9. The monoisotopic (exact) mass is 406 g/mol. The minimum atomic E-state index is -0.890. The maximum absolute atomic E-state index is 12.1. The van der Waals surface area contributed by atoms with Gasteiger partial charge in [0.2, 0.25) is 0 Å². The molecule has 0 radical (unpaired) electrons. The maximum atomic E-state index is 12.1. The van der Waals surface area contributed by atoms with E-state index in [1.165, 1.54) is 6.92 Å². The number of esters is 1. The van der Waals surface area contributed by atoms with Crippen molar-refractivity contribution in [2.75, 3.05) is 7.11 Å². The van der Waals surface area contributed by atoms with E-state index in [0.29, 0.717) is 17.9 Å². The summed E-state index contributed by atoms with van der Waals surface area (Å²) in [4.78, 5) is 12.1. The van der Waals surface area contributed by atoms with E-state index in [1.807, 2.05) is 0 Å². The Morgan fingerprint density at radius 3 is 2.62 bits per heavy atom. The highest BCUT2D eigenvalue weighted by atomic mass is 16.7. The van der Waals surface area contributed by atoms with E-state index >= 15 is 0 Å². The van der Waals surface area contributed by atoms with Crippen molar-refractivity contribution in [1.82, 2.24) is 0 Å². The summed E-state index contributed by atoms with van der Waals surface area (Å²) in [5.41, 5.74) is -0.561. The molecule has 2 saturated heterocycles. The molecule has 2 aliphatic heterocycles. The van der Waals surface area contributed by atoms with Crippen LogP contribution in [-0.4, -0.2) is 54.0 Å². The van der Waals surface area contributed by atoms with Gasteiger partial charge in [0.1, 0.15) is 6.10 Å². The molecule has 0 amide bonds. The van der Waals surface area contributed by atoms with Crippen LogP contribution in [-0.2, 0) is 19.0 Å². The quantitative estimate of drug-likeness (QED) is 0.541. The number of carbonyl (C=O) groups is 1. The van der Waals surface area contributed by atoms with Gasteiger partial charge in [0.25, 0.3) is 0 Å². The number of hydrogen-bond acceptors (Lipinski definition) is 6. The zero-order valence-corrected chi connectivity index (χ0v) is 17.9. The van der Waals surface area contributed by atoms with Gasteiger partial charge in [-0.3, -0.25) is 4.79 Å². The molecule has 6 heteroatoms. The number of rotatable bonds is 2. The standard InChI is InChI=1S/C23H34O6/c1-11-13-9-14(28-12(2)24)17-22-8-6-7-21(3,4)15(22)10-16(29-20(22)27-5)23(17,18(11)25)19(13)26/h13-20,25-26H,1,6-10H2,2-5H3/t13-,14-,15+,16?,17+,18+,19+,20+,22+,23+/m0/s1.